The van der Waals surface area contributed by atoms with Crippen molar-refractivity contribution in [1.29, 1.82) is 0 Å². The fourth-order valence-electron chi connectivity index (χ4n) is 4.13. The van der Waals surface area contributed by atoms with E-state index in [2.05, 4.69) is 52.7 Å². The third-order valence-electron chi connectivity index (χ3n) is 5.68. The summed E-state index contributed by atoms with van der Waals surface area (Å²) in [4.78, 5) is 15.4. The lowest BCUT2D eigenvalue weighted by atomic mass is 9.70. The highest BCUT2D eigenvalue weighted by atomic mass is 16.4. The Balaban J connectivity index is 1.65. The Hall–Kier alpha value is -2.70. The van der Waals surface area contributed by atoms with Gasteiger partial charge >= 0.3 is 0 Å². The van der Waals surface area contributed by atoms with Gasteiger partial charge in [-0.3, -0.25) is 4.79 Å². The molecule has 156 valence electrons. The van der Waals surface area contributed by atoms with Crippen LogP contribution in [0.4, 0.5) is 11.5 Å². The lowest BCUT2D eigenvalue weighted by molar-refractivity contribution is -0.114. The van der Waals surface area contributed by atoms with Gasteiger partial charge in [0.2, 0.25) is 17.7 Å². The zero-order valence-corrected chi connectivity index (χ0v) is 17.9. The van der Waals surface area contributed by atoms with E-state index in [4.69, 9.17) is 4.42 Å². The number of amides is 1. The summed E-state index contributed by atoms with van der Waals surface area (Å²) in [5, 5.41) is 14.3. The average molecular weight is 398 g/mol. The summed E-state index contributed by atoms with van der Waals surface area (Å²) in [5.74, 6) is 3.84. The van der Waals surface area contributed by atoms with Gasteiger partial charge in [0.05, 0.1) is 11.9 Å². The van der Waals surface area contributed by atoms with Crippen molar-refractivity contribution in [2.24, 2.45) is 23.7 Å². The summed E-state index contributed by atoms with van der Waals surface area (Å²) in [6, 6.07) is 3.76. The number of rotatable bonds is 7. The number of hydrogen-bond donors (Lipinski definition) is 2. The number of carbonyl (C=O) groups excluding carboxylic acids is 1. The summed E-state index contributed by atoms with van der Waals surface area (Å²) in [7, 11) is 0. The highest BCUT2D eigenvalue weighted by Crippen LogP contribution is 2.39. The molecule has 1 aliphatic carbocycles. The number of nitrogens with zero attached hydrogens (tertiary/aromatic N) is 3. The maximum absolute atomic E-state index is 11.1. The monoisotopic (exact) mass is 397 g/mol. The Labute approximate surface area is 172 Å². The van der Waals surface area contributed by atoms with Gasteiger partial charge in [-0.25, -0.2) is 4.98 Å². The molecule has 2 N–H and O–H groups in total. The second kappa shape index (κ2) is 9.20. The molecular formula is C22H31N5O2. The maximum atomic E-state index is 11.1. The van der Waals surface area contributed by atoms with Gasteiger partial charge in [-0.1, -0.05) is 25.5 Å². The van der Waals surface area contributed by atoms with E-state index in [-0.39, 0.29) is 5.91 Å². The zero-order valence-electron chi connectivity index (χ0n) is 17.9. The fraction of sp³-hybridized carbons (Fsp3) is 0.545. The van der Waals surface area contributed by atoms with Crippen molar-refractivity contribution in [2.75, 3.05) is 17.2 Å². The molecule has 2 heterocycles. The van der Waals surface area contributed by atoms with Gasteiger partial charge in [0, 0.05) is 26.8 Å². The molecule has 0 radical (unpaired) electrons. The number of hydrogen-bond acceptors (Lipinski definition) is 6. The molecule has 0 spiro atoms. The van der Waals surface area contributed by atoms with Gasteiger partial charge in [-0.05, 0) is 49.1 Å². The molecule has 7 heteroatoms. The predicted molar refractivity (Wildman–Crippen MR) is 113 cm³/mol. The molecule has 0 saturated carbocycles. The van der Waals surface area contributed by atoms with E-state index >= 15 is 0 Å². The largest absolute Gasteiger partial charge is 0.426 e. The number of anilines is 2. The van der Waals surface area contributed by atoms with Crippen molar-refractivity contribution in [3.63, 3.8) is 0 Å². The van der Waals surface area contributed by atoms with E-state index in [1.54, 1.807) is 6.20 Å². The number of allylic oxidation sites excluding steroid dienone is 1. The van der Waals surface area contributed by atoms with Crippen LogP contribution in [0.2, 0.25) is 0 Å². The summed E-state index contributed by atoms with van der Waals surface area (Å²) in [6.45, 7) is 11.0. The van der Waals surface area contributed by atoms with Crippen LogP contribution in [0.3, 0.4) is 0 Å². The average Bonchev–Trinajstić information content (AvgIpc) is 3.07. The predicted octanol–water partition coefficient (Wildman–Crippen LogP) is 4.24. The first-order valence-electron chi connectivity index (χ1n) is 10.3. The molecule has 0 unspecified atom stereocenters. The molecule has 1 aliphatic rings. The van der Waals surface area contributed by atoms with Crippen LogP contribution in [-0.2, 0) is 11.2 Å². The van der Waals surface area contributed by atoms with Crippen LogP contribution in [0.5, 0.6) is 0 Å². The molecule has 3 rings (SSSR count). The Morgan fingerprint density at radius 3 is 2.66 bits per heavy atom. The van der Waals surface area contributed by atoms with Gasteiger partial charge in [0.1, 0.15) is 5.82 Å². The lowest BCUT2D eigenvalue weighted by Crippen LogP contribution is -2.32. The van der Waals surface area contributed by atoms with Crippen LogP contribution in [0.1, 0.15) is 45.9 Å². The van der Waals surface area contributed by atoms with E-state index in [1.807, 2.05) is 19.1 Å². The number of pyridine rings is 1. The smallest absolute Gasteiger partial charge is 0.222 e. The normalized spacial score (nSPS) is 21.7. The minimum Gasteiger partial charge on any atom is -0.426 e. The first kappa shape index (κ1) is 21.0. The molecule has 1 amide bonds. The second-order valence-electron chi connectivity index (χ2n) is 8.33. The summed E-state index contributed by atoms with van der Waals surface area (Å²) >= 11 is 0. The topological polar surface area (TPSA) is 92.9 Å². The van der Waals surface area contributed by atoms with E-state index in [9.17, 15) is 4.79 Å². The molecule has 0 bridgehead atoms. The van der Waals surface area contributed by atoms with E-state index in [0.717, 1.165) is 31.0 Å². The molecule has 2 aromatic rings. The number of carbonyl (C=O) groups is 1. The summed E-state index contributed by atoms with van der Waals surface area (Å²) < 4.78 is 5.60. The summed E-state index contributed by atoms with van der Waals surface area (Å²) in [6.07, 6.45) is 6.10. The molecular weight excluding hydrogens is 366 g/mol. The molecule has 0 aromatic carbocycles. The highest BCUT2D eigenvalue weighted by Gasteiger charge is 2.32. The van der Waals surface area contributed by atoms with E-state index < -0.39 is 0 Å². The van der Waals surface area contributed by atoms with Gasteiger partial charge < -0.3 is 15.1 Å². The van der Waals surface area contributed by atoms with Crippen LogP contribution in [0.25, 0.3) is 0 Å². The minimum absolute atomic E-state index is 0.119. The van der Waals surface area contributed by atoms with Gasteiger partial charge in [-0.15, -0.1) is 10.2 Å². The molecule has 29 heavy (non-hydrogen) atoms. The molecule has 2 aromatic heterocycles. The molecule has 3 atom stereocenters. The van der Waals surface area contributed by atoms with Crippen molar-refractivity contribution >= 4 is 17.4 Å². The first-order chi connectivity index (χ1) is 13.8. The third-order valence-corrected chi connectivity index (χ3v) is 5.68. The SMILES string of the molecule is CC(=O)Nc1ccc(NC[C@@H]2C=C(C)[C@H](Cc3nnc(C)o3)C[C@H]2C(C)C)cn1. The van der Waals surface area contributed by atoms with Crippen molar-refractivity contribution in [3.05, 3.63) is 41.8 Å². The maximum Gasteiger partial charge on any atom is 0.222 e. The molecule has 0 aliphatic heterocycles. The highest BCUT2D eigenvalue weighted by molar-refractivity contribution is 5.87. The minimum atomic E-state index is -0.119. The van der Waals surface area contributed by atoms with Crippen LogP contribution >= 0.6 is 0 Å². The van der Waals surface area contributed by atoms with Crippen LogP contribution in [0.15, 0.2) is 34.4 Å². The second-order valence-corrected chi connectivity index (χ2v) is 8.33. The fourth-order valence-corrected chi connectivity index (χ4v) is 4.13. The Kier molecular flexibility index (Phi) is 6.67. The van der Waals surface area contributed by atoms with Gasteiger partial charge in [0.25, 0.3) is 0 Å². The standard InChI is InChI=1S/C22H31N5O2/c1-13(2)20-9-17(10-22-27-26-16(5)29-22)14(3)8-18(20)11-23-19-6-7-21(24-12-19)25-15(4)28/h6-8,12-13,17-18,20,23H,9-11H2,1-5H3,(H,24,25,28)/t17-,18-,20-/m0/s1. The summed E-state index contributed by atoms with van der Waals surface area (Å²) in [5.41, 5.74) is 2.35. The van der Waals surface area contributed by atoms with Gasteiger partial charge in [-0.2, -0.15) is 0 Å². The number of aryl methyl sites for hydroxylation is 1. The Bertz CT molecular complexity index is 856. The Morgan fingerprint density at radius 2 is 2.07 bits per heavy atom. The lowest BCUT2D eigenvalue weighted by Gasteiger charge is -2.37. The van der Waals surface area contributed by atoms with Crippen LogP contribution < -0.4 is 10.6 Å². The third kappa shape index (κ3) is 5.65. The van der Waals surface area contributed by atoms with Crippen LogP contribution in [0, 0.1) is 30.6 Å². The van der Waals surface area contributed by atoms with Gasteiger partial charge in [0.15, 0.2) is 0 Å². The molecule has 0 fully saturated rings. The number of nitrogens with one attached hydrogen (secondary N) is 2. The van der Waals surface area contributed by atoms with Crippen molar-refractivity contribution in [1.82, 2.24) is 15.2 Å². The quantitative estimate of drug-likeness (QED) is 0.679. The number of aromatic nitrogens is 3. The zero-order chi connectivity index (χ0) is 21.0. The van der Waals surface area contributed by atoms with Crippen molar-refractivity contribution in [2.45, 2.75) is 47.5 Å². The molecule has 7 nitrogen and oxygen atoms in total. The first-order valence-corrected chi connectivity index (χ1v) is 10.3. The van der Waals surface area contributed by atoms with E-state index in [0.29, 0.717) is 35.4 Å². The van der Waals surface area contributed by atoms with Crippen molar-refractivity contribution < 1.29 is 9.21 Å². The van der Waals surface area contributed by atoms with Crippen molar-refractivity contribution in [3.8, 4) is 0 Å². The van der Waals surface area contributed by atoms with Crippen LogP contribution in [-0.4, -0.2) is 27.6 Å². The Morgan fingerprint density at radius 1 is 1.28 bits per heavy atom. The van der Waals surface area contributed by atoms with E-state index in [1.165, 1.54) is 12.5 Å². The molecule has 0 saturated heterocycles.